The molecule has 1 aliphatic heterocycles. The van der Waals surface area contributed by atoms with Crippen LogP contribution in [0, 0.1) is 5.92 Å². The summed E-state index contributed by atoms with van der Waals surface area (Å²) in [5.41, 5.74) is 0. The average molecular weight is 389 g/mol. The Kier molecular flexibility index (Phi) is 6.60. The quantitative estimate of drug-likeness (QED) is 0.837. The lowest BCUT2D eigenvalue weighted by atomic mass is 9.88. The first-order valence-electron chi connectivity index (χ1n) is 11.5. The minimum absolute atomic E-state index is 0.229. The van der Waals surface area contributed by atoms with E-state index in [0.717, 1.165) is 44.6 Å². The van der Waals surface area contributed by atoms with Crippen molar-refractivity contribution in [3.8, 4) is 0 Å². The van der Waals surface area contributed by atoms with Crippen LogP contribution < -0.4 is 5.32 Å². The van der Waals surface area contributed by atoms with Crippen molar-refractivity contribution < 1.29 is 4.79 Å². The zero-order valence-corrected chi connectivity index (χ0v) is 17.4. The third-order valence-electron chi connectivity index (χ3n) is 7.21. The van der Waals surface area contributed by atoms with Crippen molar-refractivity contribution in [3.63, 3.8) is 0 Å². The Hall–Kier alpha value is -1.50. The summed E-state index contributed by atoms with van der Waals surface area (Å²) in [4.78, 5) is 15.0. The van der Waals surface area contributed by atoms with E-state index in [-0.39, 0.29) is 12.0 Å². The van der Waals surface area contributed by atoms with E-state index in [1.54, 1.807) is 0 Å². The van der Waals surface area contributed by atoms with Crippen LogP contribution in [-0.2, 0) is 4.79 Å². The standard InChI is InChI=1S/C21H36N6O/c1-16(20-23-24-25-27(20)19-10-6-3-7-11-19)26-14-12-18(13-15-26)22-21(28)17-8-4-2-5-9-17/h16-19H,2-15H2,1H3,(H,22,28). The second kappa shape index (κ2) is 9.33. The fourth-order valence-electron chi connectivity index (χ4n) is 5.34. The molecule has 0 radical (unpaired) electrons. The molecule has 28 heavy (non-hydrogen) atoms. The van der Waals surface area contributed by atoms with Crippen molar-refractivity contribution in [2.24, 2.45) is 5.92 Å². The van der Waals surface area contributed by atoms with Crippen molar-refractivity contribution >= 4 is 5.91 Å². The molecular weight excluding hydrogens is 352 g/mol. The molecular formula is C21H36N6O. The van der Waals surface area contributed by atoms with Gasteiger partial charge in [0, 0.05) is 25.0 Å². The van der Waals surface area contributed by atoms with Gasteiger partial charge >= 0.3 is 0 Å². The van der Waals surface area contributed by atoms with Gasteiger partial charge in [0.15, 0.2) is 5.82 Å². The number of nitrogens with zero attached hydrogens (tertiary/aromatic N) is 5. The molecule has 0 spiro atoms. The Balaban J connectivity index is 1.29. The molecule has 0 aromatic carbocycles. The number of aromatic nitrogens is 4. The predicted octanol–water partition coefficient (Wildman–Crippen LogP) is 3.40. The van der Waals surface area contributed by atoms with Crippen LogP contribution in [0.2, 0.25) is 0 Å². The highest BCUT2D eigenvalue weighted by Gasteiger charge is 2.30. The molecule has 2 heterocycles. The molecule has 156 valence electrons. The molecule has 7 heteroatoms. The number of hydrogen-bond donors (Lipinski definition) is 1. The van der Waals surface area contributed by atoms with E-state index in [4.69, 9.17) is 0 Å². The molecule has 4 rings (SSSR count). The van der Waals surface area contributed by atoms with E-state index >= 15 is 0 Å². The van der Waals surface area contributed by atoms with Gasteiger partial charge < -0.3 is 5.32 Å². The van der Waals surface area contributed by atoms with Gasteiger partial charge in [-0.2, -0.15) is 0 Å². The van der Waals surface area contributed by atoms with Gasteiger partial charge in [-0.15, -0.1) is 5.10 Å². The predicted molar refractivity (Wildman–Crippen MR) is 108 cm³/mol. The summed E-state index contributed by atoms with van der Waals surface area (Å²) in [5.74, 6) is 1.56. The number of nitrogens with one attached hydrogen (secondary N) is 1. The van der Waals surface area contributed by atoms with E-state index in [0.29, 0.717) is 18.0 Å². The first kappa shape index (κ1) is 19.8. The number of carbonyl (C=O) groups is 1. The smallest absolute Gasteiger partial charge is 0.223 e. The number of likely N-dealkylation sites (tertiary alicyclic amines) is 1. The summed E-state index contributed by atoms with van der Waals surface area (Å²) in [7, 11) is 0. The van der Waals surface area contributed by atoms with Gasteiger partial charge in [0.05, 0.1) is 12.1 Å². The van der Waals surface area contributed by atoms with Crippen molar-refractivity contribution in [2.45, 2.75) is 102 Å². The first-order valence-corrected chi connectivity index (χ1v) is 11.5. The first-order chi connectivity index (χ1) is 13.7. The molecule has 1 saturated heterocycles. The topological polar surface area (TPSA) is 75.9 Å². The third-order valence-corrected chi connectivity index (χ3v) is 7.21. The molecule has 1 amide bonds. The van der Waals surface area contributed by atoms with Gasteiger partial charge in [-0.25, -0.2) is 4.68 Å². The maximum atomic E-state index is 12.5. The molecule has 2 aliphatic carbocycles. The monoisotopic (exact) mass is 388 g/mol. The SMILES string of the molecule is CC(c1nnnn1C1CCCCC1)N1CCC(NC(=O)C2CCCCC2)CC1. The van der Waals surface area contributed by atoms with Crippen LogP contribution in [0.15, 0.2) is 0 Å². The Morgan fingerprint density at radius 1 is 0.964 bits per heavy atom. The van der Waals surface area contributed by atoms with E-state index in [9.17, 15) is 4.79 Å². The number of hydrogen-bond acceptors (Lipinski definition) is 5. The zero-order chi connectivity index (χ0) is 19.3. The lowest BCUT2D eigenvalue weighted by Crippen LogP contribution is -2.47. The third kappa shape index (κ3) is 4.56. The molecule has 1 atom stereocenters. The minimum atomic E-state index is 0.229. The van der Waals surface area contributed by atoms with Gasteiger partial charge in [-0.1, -0.05) is 38.5 Å². The second-order valence-corrected chi connectivity index (χ2v) is 9.10. The zero-order valence-electron chi connectivity index (χ0n) is 17.4. The molecule has 3 fully saturated rings. The van der Waals surface area contributed by atoms with Gasteiger partial charge in [0.1, 0.15) is 0 Å². The van der Waals surface area contributed by atoms with Crippen LogP contribution in [-0.4, -0.2) is 50.1 Å². The Morgan fingerprint density at radius 2 is 1.61 bits per heavy atom. The van der Waals surface area contributed by atoms with Crippen molar-refractivity contribution in [1.29, 1.82) is 0 Å². The number of amides is 1. The van der Waals surface area contributed by atoms with Crippen LogP contribution >= 0.6 is 0 Å². The van der Waals surface area contributed by atoms with Crippen LogP contribution in [0.5, 0.6) is 0 Å². The normalized spacial score (nSPS) is 24.9. The number of piperidine rings is 1. The van der Waals surface area contributed by atoms with Gasteiger partial charge in [0.25, 0.3) is 0 Å². The van der Waals surface area contributed by atoms with Gasteiger partial charge in [-0.05, 0) is 55.9 Å². The molecule has 2 saturated carbocycles. The maximum Gasteiger partial charge on any atom is 0.223 e. The van der Waals surface area contributed by atoms with Crippen LogP contribution in [0.1, 0.15) is 102 Å². The Labute approximate surface area is 168 Å². The van der Waals surface area contributed by atoms with Gasteiger partial charge in [-0.3, -0.25) is 9.69 Å². The highest BCUT2D eigenvalue weighted by Crippen LogP contribution is 2.31. The van der Waals surface area contributed by atoms with E-state index in [1.165, 1.54) is 51.4 Å². The fraction of sp³-hybridized carbons (Fsp3) is 0.905. The molecule has 0 bridgehead atoms. The molecule has 7 nitrogen and oxygen atoms in total. The van der Waals surface area contributed by atoms with Crippen molar-refractivity contribution in [3.05, 3.63) is 5.82 Å². The molecule has 1 unspecified atom stereocenters. The van der Waals surface area contributed by atoms with Crippen molar-refractivity contribution in [2.75, 3.05) is 13.1 Å². The lowest BCUT2D eigenvalue weighted by Gasteiger charge is -2.36. The molecule has 1 aromatic heterocycles. The van der Waals surface area contributed by atoms with Gasteiger partial charge in [0.2, 0.25) is 5.91 Å². The highest BCUT2D eigenvalue weighted by molar-refractivity contribution is 5.79. The summed E-state index contributed by atoms with van der Waals surface area (Å²) in [6, 6.07) is 1.02. The van der Waals surface area contributed by atoms with E-state index in [2.05, 4.69) is 37.3 Å². The van der Waals surface area contributed by atoms with E-state index in [1.807, 2.05) is 0 Å². The fourth-order valence-corrected chi connectivity index (χ4v) is 5.34. The summed E-state index contributed by atoms with van der Waals surface area (Å²) in [5, 5.41) is 16.1. The van der Waals surface area contributed by atoms with Crippen LogP contribution in [0.4, 0.5) is 0 Å². The number of carbonyl (C=O) groups excluding carboxylic acids is 1. The molecule has 3 aliphatic rings. The highest BCUT2D eigenvalue weighted by atomic mass is 16.1. The molecule has 1 N–H and O–H groups in total. The van der Waals surface area contributed by atoms with Crippen LogP contribution in [0.25, 0.3) is 0 Å². The second-order valence-electron chi connectivity index (χ2n) is 9.10. The molecule has 1 aromatic rings. The summed E-state index contributed by atoms with van der Waals surface area (Å²) >= 11 is 0. The lowest BCUT2D eigenvalue weighted by molar-refractivity contribution is -0.127. The van der Waals surface area contributed by atoms with E-state index < -0.39 is 0 Å². The maximum absolute atomic E-state index is 12.5. The largest absolute Gasteiger partial charge is 0.353 e. The summed E-state index contributed by atoms with van der Waals surface area (Å²) in [6.07, 6.45) is 14.2. The number of tetrazole rings is 1. The Morgan fingerprint density at radius 3 is 2.29 bits per heavy atom. The number of rotatable bonds is 5. The minimum Gasteiger partial charge on any atom is -0.353 e. The van der Waals surface area contributed by atoms with Crippen LogP contribution in [0.3, 0.4) is 0 Å². The average Bonchev–Trinajstić information content (AvgIpc) is 3.25. The van der Waals surface area contributed by atoms with Crippen molar-refractivity contribution in [1.82, 2.24) is 30.4 Å². The summed E-state index contributed by atoms with van der Waals surface area (Å²) in [6.45, 7) is 4.22. The Bertz CT molecular complexity index is 627. The summed E-state index contributed by atoms with van der Waals surface area (Å²) < 4.78 is 2.10.